The third kappa shape index (κ3) is 5.05. The van der Waals surface area contributed by atoms with Crippen LogP contribution in [0.5, 0.6) is 0 Å². The number of hydrogen-bond donors (Lipinski definition) is 1. The van der Waals surface area contributed by atoms with Crippen LogP contribution in [0.1, 0.15) is 22.0 Å². The molecule has 0 aliphatic carbocycles. The van der Waals surface area contributed by atoms with Crippen LogP contribution in [-0.4, -0.2) is 39.3 Å². The summed E-state index contributed by atoms with van der Waals surface area (Å²) in [4.78, 5) is 26.5. The van der Waals surface area contributed by atoms with Crippen molar-refractivity contribution in [2.75, 3.05) is 18.8 Å². The van der Waals surface area contributed by atoms with Crippen molar-refractivity contribution in [3.8, 4) is 0 Å². The van der Waals surface area contributed by atoms with Crippen LogP contribution in [0.4, 0.5) is 5.69 Å². The quantitative estimate of drug-likeness (QED) is 0.563. The standard InChI is InChI=1S/C21H20N2O5S2/c1-23(2)20(24)19(15-7-4-3-5-8-15)28-21(25)16-10-12-17(13-11-16)22-30(26,27)18-9-6-14-29-18/h3-14,19,22H,1-2H3/t19-/m0/s1. The molecule has 7 nitrogen and oxygen atoms in total. The van der Waals surface area contributed by atoms with Gasteiger partial charge in [0, 0.05) is 25.3 Å². The average Bonchev–Trinajstić information content (AvgIpc) is 3.28. The molecule has 156 valence electrons. The summed E-state index contributed by atoms with van der Waals surface area (Å²) in [5, 5.41) is 1.67. The van der Waals surface area contributed by atoms with Crippen LogP contribution in [0.2, 0.25) is 0 Å². The maximum atomic E-state index is 12.6. The van der Waals surface area contributed by atoms with E-state index in [1.54, 1.807) is 55.9 Å². The number of sulfonamides is 1. The SMILES string of the molecule is CN(C)C(=O)[C@@H](OC(=O)c1ccc(NS(=O)(=O)c2cccs2)cc1)c1ccccc1. The van der Waals surface area contributed by atoms with E-state index in [1.165, 1.54) is 35.2 Å². The first-order valence-corrected chi connectivity index (χ1v) is 11.3. The average molecular weight is 445 g/mol. The maximum absolute atomic E-state index is 12.6. The van der Waals surface area contributed by atoms with Gasteiger partial charge in [0.05, 0.1) is 5.56 Å². The van der Waals surface area contributed by atoms with Gasteiger partial charge in [-0.15, -0.1) is 11.3 Å². The number of amides is 1. The van der Waals surface area contributed by atoms with Gasteiger partial charge in [0.2, 0.25) is 6.10 Å². The number of rotatable bonds is 7. The number of esters is 1. The molecule has 0 saturated carbocycles. The Morgan fingerprint density at radius 1 is 0.967 bits per heavy atom. The van der Waals surface area contributed by atoms with Crippen molar-refractivity contribution in [3.05, 3.63) is 83.2 Å². The molecule has 0 bridgehead atoms. The predicted molar refractivity (Wildman–Crippen MR) is 115 cm³/mol. The Labute approximate surface area is 179 Å². The molecule has 2 aromatic carbocycles. The molecule has 0 spiro atoms. The van der Waals surface area contributed by atoms with E-state index in [0.29, 0.717) is 11.3 Å². The predicted octanol–water partition coefficient (Wildman–Crippen LogP) is 3.54. The molecule has 0 unspecified atom stereocenters. The number of nitrogens with zero attached hydrogens (tertiary/aromatic N) is 1. The molecule has 0 aliphatic rings. The Kier molecular flexibility index (Phi) is 6.53. The second-order valence-electron chi connectivity index (χ2n) is 6.54. The molecular weight excluding hydrogens is 424 g/mol. The highest BCUT2D eigenvalue weighted by Crippen LogP contribution is 2.23. The van der Waals surface area contributed by atoms with Crippen LogP contribution >= 0.6 is 11.3 Å². The van der Waals surface area contributed by atoms with E-state index in [1.807, 2.05) is 0 Å². The van der Waals surface area contributed by atoms with Gasteiger partial charge in [0.25, 0.3) is 15.9 Å². The number of carbonyl (C=O) groups is 2. The van der Waals surface area contributed by atoms with Gasteiger partial charge in [-0.05, 0) is 35.7 Å². The minimum atomic E-state index is -3.68. The molecule has 3 rings (SSSR count). The molecule has 9 heteroatoms. The number of nitrogens with one attached hydrogen (secondary N) is 1. The Morgan fingerprint density at radius 2 is 1.63 bits per heavy atom. The van der Waals surface area contributed by atoms with Crippen molar-refractivity contribution < 1.29 is 22.7 Å². The zero-order chi connectivity index (χ0) is 21.7. The lowest BCUT2D eigenvalue weighted by atomic mass is 10.1. The second kappa shape index (κ2) is 9.10. The minimum Gasteiger partial charge on any atom is -0.444 e. The van der Waals surface area contributed by atoms with E-state index in [0.717, 1.165) is 11.3 Å². The first-order valence-electron chi connectivity index (χ1n) is 8.91. The lowest BCUT2D eigenvalue weighted by Crippen LogP contribution is -2.31. The fourth-order valence-electron chi connectivity index (χ4n) is 2.59. The fourth-order valence-corrected chi connectivity index (χ4v) is 4.65. The van der Waals surface area contributed by atoms with Gasteiger partial charge in [-0.25, -0.2) is 13.2 Å². The summed E-state index contributed by atoms with van der Waals surface area (Å²) in [6.45, 7) is 0. The van der Waals surface area contributed by atoms with Gasteiger partial charge in [-0.2, -0.15) is 0 Å². The van der Waals surface area contributed by atoms with E-state index in [9.17, 15) is 18.0 Å². The van der Waals surface area contributed by atoms with Gasteiger partial charge in [0.1, 0.15) is 4.21 Å². The molecule has 1 atom stereocenters. The number of hydrogen-bond acceptors (Lipinski definition) is 6. The molecule has 0 radical (unpaired) electrons. The number of carbonyl (C=O) groups excluding carboxylic acids is 2. The summed E-state index contributed by atoms with van der Waals surface area (Å²) in [6.07, 6.45) is -1.08. The Hall–Kier alpha value is -3.17. The maximum Gasteiger partial charge on any atom is 0.339 e. The second-order valence-corrected chi connectivity index (χ2v) is 9.40. The lowest BCUT2D eigenvalue weighted by molar-refractivity contribution is -0.138. The van der Waals surface area contributed by atoms with Crippen molar-refractivity contribution >= 4 is 38.9 Å². The molecule has 0 aliphatic heterocycles. The number of benzene rings is 2. The van der Waals surface area contributed by atoms with Crippen molar-refractivity contribution in [1.82, 2.24) is 4.90 Å². The largest absolute Gasteiger partial charge is 0.444 e. The molecule has 0 saturated heterocycles. The highest BCUT2D eigenvalue weighted by molar-refractivity contribution is 7.94. The van der Waals surface area contributed by atoms with Crippen LogP contribution in [0.15, 0.2) is 76.3 Å². The van der Waals surface area contributed by atoms with E-state index < -0.39 is 22.1 Å². The van der Waals surface area contributed by atoms with Gasteiger partial charge in [-0.1, -0.05) is 36.4 Å². The van der Waals surface area contributed by atoms with Gasteiger partial charge >= 0.3 is 5.97 Å². The Bertz CT molecular complexity index is 1110. The van der Waals surface area contributed by atoms with Crippen LogP contribution in [0.25, 0.3) is 0 Å². The Balaban J connectivity index is 1.75. The van der Waals surface area contributed by atoms with Crippen LogP contribution in [0, 0.1) is 0 Å². The zero-order valence-electron chi connectivity index (χ0n) is 16.3. The van der Waals surface area contributed by atoms with Crippen molar-refractivity contribution in [2.24, 2.45) is 0 Å². The topological polar surface area (TPSA) is 92.8 Å². The monoisotopic (exact) mass is 444 g/mol. The fraction of sp³-hybridized carbons (Fsp3) is 0.143. The van der Waals surface area contributed by atoms with E-state index in [4.69, 9.17) is 4.74 Å². The van der Waals surface area contributed by atoms with Gasteiger partial charge in [-0.3, -0.25) is 9.52 Å². The number of anilines is 1. The summed E-state index contributed by atoms with van der Waals surface area (Å²) in [5.41, 5.74) is 1.07. The van der Waals surface area contributed by atoms with Crippen molar-refractivity contribution in [1.29, 1.82) is 0 Å². The summed E-state index contributed by atoms with van der Waals surface area (Å²) in [5.74, 6) is -1.05. The number of likely N-dealkylation sites (N-methyl/N-ethyl adjacent to an activating group) is 1. The summed E-state index contributed by atoms with van der Waals surface area (Å²) in [6, 6.07) is 17.7. The third-order valence-corrected chi connectivity index (χ3v) is 6.90. The molecule has 1 heterocycles. The van der Waals surface area contributed by atoms with Crippen molar-refractivity contribution in [2.45, 2.75) is 10.3 Å². The van der Waals surface area contributed by atoms with Gasteiger partial charge in [0.15, 0.2) is 0 Å². The molecule has 1 aromatic heterocycles. The van der Waals surface area contributed by atoms with E-state index in [-0.39, 0.29) is 15.7 Å². The van der Waals surface area contributed by atoms with Crippen molar-refractivity contribution in [3.63, 3.8) is 0 Å². The van der Waals surface area contributed by atoms with Crippen LogP contribution in [0.3, 0.4) is 0 Å². The van der Waals surface area contributed by atoms with Crippen LogP contribution < -0.4 is 4.72 Å². The molecule has 3 aromatic rings. The van der Waals surface area contributed by atoms with E-state index >= 15 is 0 Å². The first-order chi connectivity index (χ1) is 14.3. The smallest absolute Gasteiger partial charge is 0.339 e. The highest BCUT2D eigenvalue weighted by Gasteiger charge is 2.27. The first kappa shape index (κ1) is 21.5. The Morgan fingerprint density at radius 3 is 2.20 bits per heavy atom. The molecule has 1 N–H and O–H groups in total. The normalized spacial score (nSPS) is 12.1. The summed E-state index contributed by atoms with van der Waals surface area (Å²) < 4.78 is 32.7. The number of ether oxygens (including phenoxy) is 1. The number of thiophene rings is 1. The summed E-state index contributed by atoms with van der Waals surface area (Å²) in [7, 11) is -0.509. The zero-order valence-corrected chi connectivity index (χ0v) is 17.9. The third-order valence-electron chi connectivity index (χ3n) is 4.13. The molecule has 30 heavy (non-hydrogen) atoms. The minimum absolute atomic E-state index is 0.193. The molecule has 0 fully saturated rings. The molecular formula is C21H20N2O5S2. The van der Waals surface area contributed by atoms with Crippen LogP contribution in [-0.2, 0) is 19.6 Å². The molecule has 1 amide bonds. The summed E-state index contributed by atoms with van der Waals surface area (Å²) >= 11 is 1.11. The van der Waals surface area contributed by atoms with E-state index in [2.05, 4.69) is 4.72 Å². The highest BCUT2D eigenvalue weighted by atomic mass is 32.2. The lowest BCUT2D eigenvalue weighted by Gasteiger charge is -2.21. The van der Waals surface area contributed by atoms with Gasteiger partial charge < -0.3 is 9.64 Å².